The van der Waals surface area contributed by atoms with E-state index < -0.39 is 6.10 Å². The molecule has 1 aromatic carbocycles. The van der Waals surface area contributed by atoms with Crippen molar-refractivity contribution in [2.24, 2.45) is 11.1 Å². The number of aliphatic hydroxyl groups excluding tert-OH is 1. The molecular weight excluding hydrogens is 278 g/mol. The van der Waals surface area contributed by atoms with Gasteiger partial charge in [0.2, 0.25) is 0 Å². The molecule has 3 N–H and O–H groups in total. The lowest BCUT2D eigenvalue weighted by molar-refractivity contribution is 0.0333. The molecule has 1 atom stereocenters. The molecule has 1 aromatic rings. The minimum atomic E-state index is -0.429. The fourth-order valence-corrected chi connectivity index (χ4v) is 3.11. The van der Waals surface area contributed by atoms with Crippen molar-refractivity contribution < 1.29 is 5.11 Å². The van der Waals surface area contributed by atoms with Gasteiger partial charge in [-0.2, -0.15) is 0 Å². The van der Waals surface area contributed by atoms with Crippen molar-refractivity contribution in [2.45, 2.75) is 38.7 Å². The lowest BCUT2D eigenvalue weighted by atomic mass is 9.77. The van der Waals surface area contributed by atoms with E-state index in [4.69, 9.17) is 5.73 Å². The van der Waals surface area contributed by atoms with Crippen molar-refractivity contribution in [3.63, 3.8) is 0 Å². The van der Waals surface area contributed by atoms with Crippen LogP contribution >= 0.6 is 15.9 Å². The van der Waals surface area contributed by atoms with Gasteiger partial charge in [0.1, 0.15) is 0 Å². The summed E-state index contributed by atoms with van der Waals surface area (Å²) in [6.45, 7) is 2.62. The normalized spacial score (nSPS) is 20.5. The van der Waals surface area contributed by atoms with E-state index >= 15 is 0 Å². The van der Waals surface area contributed by atoms with E-state index in [1.165, 1.54) is 12.8 Å². The molecule has 0 saturated heterocycles. The van der Waals surface area contributed by atoms with Gasteiger partial charge in [-0.15, -0.1) is 0 Å². The van der Waals surface area contributed by atoms with E-state index in [0.717, 1.165) is 28.4 Å². The first-order chi connectivity index (χ1) is 8.09. The van der Waals surface area contributed by atoms with Gasteiger partial charge in [0, 0.05) is 16.4 Å². The van der Waals surface area contributed by atoms with Crippen molar-refractivity contribution in [3.8, 4) is 0 Å². The van der Waals surface area contributed by atoms with Crippen LogP contribution in [0.25, 0.3) is 0 Å². The summed E-state index contributed by atoms with van der Waals surface area (Å²) in [6, 6.07) is 6.06. The van der Waals surface area contributed by atoms with Crippen LogP contribution in [0, 0.1) is 12.3 Å². The molecule has 1 aliphatic rings. The van der Waals surface area contributed by atoms with Gasteiger partial charge in [-0.05, 0) is 37.0 Å². The fourth-order valence-electron chi connectivity index (χ4n) is 2.86. The van der Waals surface area contributed by atoms with Crippen molar-refractivity contribution in [3.05, 3.63) is 33.8 Å². The molecule has 0 amide bonds. The van der Waals surface area contributed by atoms with Crippen LogP contribution in [0.3, 0.4) is 0 Å². The van der Waals surface area contributed by atoms with E-state index in [2.05, 4.69) is 22.0 Å². The Kier molecular flexibility index (Phi) is 3.91. The third-order valence-corrected chi connectivity index (χ3v) is 4.97. The summed E-state index contributed by atoms with van der Waals surface area (Å²) in [5, 5.41) is 10.6. The molecule has 3 heteroatoms. The maximum atomic E-state index is 10.6. The van der Waals surface area contributed by atoms with Crippen molar-refractivity contribution >= 4 is 15.9 Å². The number of hydrogen-bond donors (Lipinski definition) is 2. The standard InChI is InChI=1S/C14H20BrNO/c1-10-8-11(4-5-12(10)15)13(17)14(9-16)6-2-3-7-14/h4-5,8,13,17H,2-3,6-7,9,16H2,1H3. The molecule has 1 fully saturated rings. The molecule has 1 saturated carbocycles. The lowest BCUT2D eigenvalue weighted by Crippen LogP contribution is -2.34. The highest BCUT2D eigenvalue weighted by Gasteiger charge is 2.40. The third kappa shape index (κ3) is 2.42. The lowest BCUT2D eigenvalue weighted by Gasteiger charge is -2.33. The first-order valence-electron chi connectivity index (χ1n) is 6.23. The average Bonchev–Trinajstić information content (AvgIpc) is 2.81. The number of benzene rings is 1. The monoisotopic (exact) mass is 297 g/mol. The van der Waals surface area contributed by atoms with E-state index in [1.54, 1.807) is 0 Å². The summed E-state index contributed by atoms with van der Waals surface area (Å²) in [5.41, 5.74) is 7.97. The second kappa shape index (κ2) is 5.09. The molecule has 0 aromatic heterocycles. The summed E-state index contributed by atoms with van der Waals surface area (Å²) in [7, 11) is 0. The molecule has 2 rings (SSSR count). The van der Waals surface area contributed by atoms with Crippen molar-refractivity contribution in [1.29, 1.82) is 0 Å². The van der Waals surface area contributed by atoms with Gasteiger partial charge in [0.05, 0.1) is 6.10 Å². The highest BCUT2D eigenvalue weighted by atomic mass is 79.9. The molecule has 0 spiro atoms. The molecule has 0 bridgehead atoms. The van der Waals surface area contributed by atoms with Crippen molar-refractivity contribution in [2.75, 3.05) is 6.54 Å². The van der Waals surface area contributed by atoms with E-state index in [-0.39, 0.29) is 5.41 Å². The Morgan fingerprint density at radius 1 is 1.41 bits per heavy atom. The van der Waals surface area contributed by atoms with Crippen LogP contribution in [0.15, 0.2) is 22.7 Å². The molecule has 17 heavy (non-hydrogen) atoms. The Morgan fingerprint density at radius 2 is 2.06 bits per heavy atom. The zero-order valence-corrected chi connectivity index (χ0v) is 11.8. The number of hydrogen-bond acceptors (Lipinski definition) is 2. The Balaban J connectivity index is 2.29. The topological polar surface area (TPSA) is 46.2 Å². The van der Waals surface area contributed by atoms with Gasteiger partial charge < -0.3 is 10.8 Å². The van der Waals surface area contributed by atoms with Crippen LogP contribution in [0.5, 0.6) is 0 Å². The quantitative estimate of drug-likeness (QED) is 0.899. The zero-order valence-electron chi connectivity index (χ0n) is 10.2. The number of nitrogens with two attached hydrogens (primary N) is 1. The number of aryl methyl sites for hydroxylation is 1. The second-order valence-electron chi connectivity index (χ2n) is 5.18. The molecular formula is C14H20BrNO. The third-order valence-electron chi connectivity index (χ3n) is 4.08. The van der Waals surface area contributed by atoms with Crippen LogP contribution in [-0.2, 0) is 0 Å². The average molecular weight is 298 g/mol. The van der Waals surface area contributed by atoms with Crippen LogP contribution in [0.1, 0.15) is 42.9 Å². The minimum absolute atomic E-state index is 0.0970. The highest BCUT2D eigenvalue weighted by Crippen LogP contribution is 2.47. The smallest absolute Gasteiger partial charge is 0.0858 e. The summed E-state index contributed by atoms with van der Waals surface area (Å²) >= 11 is 3.49. The van der Waals surface area contributed by atoms with Gasteiger partial charge in [-0.1, -0.05) is 40.9 Å². The van der Waals surface area contributed by atoms with Gasteiger partial charge in [-0.3, -0.25) is 0 Å². The first kappa shape index (κ1) is 13.1. The summed E-state index contributed by atoms with van der Waals surface area (Å²) in [5.74, 6) is 0. The van der Waals surface area contributed by atoms with Gasteiger partial charge >= 0.3 is 0 Å². The minimum Gasteiger partial charge on any atom is -0.388 e. The van der Waals surface area contributed by atoms with Crippen LogP contribution in [0.2, 0.25) is 0 Å². The first-order valence-corrected chi connectivity index (χ1v) is 7.02. The Bertz CT molecular complexity index is 399. The van der Waals surface area contributed by atoms with Gasteiger partial charge in [-0.25, -0.2) is 0 Å². The molecule has 1 aliphatic carbocycles. The number of aliphatic hydroxyl groups is 1. The predicted molar refractivity (Wildman–Crippen MR) is 73.8 cm³/mol. The molecule has 94 valence electrons. The van der Waals surface area contributed by atoms with E-state index in [1.807, 2.05) is 19.1 Å². The second-order valence-corrected chi connectivity index (χ2v) is 6.04. The van der Waals surface area contributed by atoms with Gasteiger partial charge in [0.25, 0.3) is 0 Å². The summed E-state index contributed by atoms with van der Waals surface area (Å²) < 4.78 is 1.08. The SMILES string of the molecule is Cc1cc(C(O)C2(CN)CCCC2)ccc1Br. The zero-order chi connectivity index (χ0) is 12.5. The maximum Gasteiger partial charge on any atom is 0.0858 e. The highest BCUT2D eigenvalue weighted by molar-refractivity contribution is 9.10. The molecule has 1 unspecified atom stereocenters. The maximum absolute atomic E-state index is 10.6. The molecule has 0 heterocycles. The fraction of sp³-hybridized carbons (Fsp3) is 0.571. The van der Waals surface area contributed by atoms with Gasteiger partial charge in [0.15, 0.2) is 0 Å². The Morgan fingerprint density at radius 3 is 2.59 bits per heavy atom. The predicted octanol–water partition coefficient (Wildman–Crippen LogP) is 3.31. The van der Waals surface area contributed by atoms with E-state index in [9.17, 15) is 5.11 Å². The Hall–Kier alpha value is -0.380. The van der Waals surface area contributed by atoms with Crippen LogP contribution in [-0.4, -0.2) is 11.7 Å². The van der Waals surface area contributed by atoms with Crippen molar-refractivity contribution in [1.82, 2.24) is 0 Å². The molecule has 0 aliphatic heterocycles. The van der Waals surface area contributed by atoms with Crippen LogP contribution in [0.4, 0.5) is 0 Å². The number of rotatable bonds is 3. The van der Waals surface area contributed by atoms with E-state index in [0.29, 0.717) is 6.54 Å². The molecule has 0 radical (unpaired) electrons. The van der Waals surface area contributed by atoms with Crippen LogP contribution < -0.4 is 5.73 Å². The number of halogens is 1. The largest absolute Gasteiger partial charge is 0.388 e. The summed E-state index contributed by atoms with van der Waals surface area (Å²) in [6.07, 6.45) is 4.02. The Labute approximate surface area is 111 Å². The molecule has 2 nitrogen and oxygen atoms in total. The summed E-state index contributed by atoms with van der Waals surface area (Å²) in [4.78, 5) is 0.